The number of hydrogen-bond acceptors (Lipinski definition) is 5. The Morgan fingerprint density at radius 3 is 2.79 bits per heavy atom. The highest BCUT2D eigenvalue weighted by Crippen LogP contribution is 2.23. The van der Waals surface area contributed by atoms with E-state index in [0.29, 0.717) is 11.6 Å². The van der Waals surface area contributed by atoms with Crippen LogP contribution in [0.2, 0.25) is 0 Å². The van der Waals surface area contributed by atoms with Gasteiger partial charge in [0, 0.05) is 56.9 Å². The first-order chi connectivity index (χ1) is 11.6. The number of piperazine rings is 1. The van der Waals surface area contributed by atoms with Crippen LogP contribution in [0.5, 0.6) is 0 Å². The van der Waals surface area contributed by atoms with Gasteiger partial charge in [0.1, 0.15) is 0 Å². The maximum absolute atomic E-state index is 12.6. The first kappa shape index (κ1) is 16.9. The molecule has 3 rings (SSSR count). The summed E-state index contributed by atoms with van der Waals surface area (Å²) in [5, 5.41) is 14.4. The van der Waals surface area contributed by atoms with E-state index in [9.17, 15) is 14.9 Å². The second kappa shape index (κ2) is 7.27. The first-order valence-corrected chi connectivity index (χ1v) is 8.51. The van der Waals surface area contributed by atoms with Crippen molar-refractivity contribution in [2.75, 3.05) is 39.3 Å². The molecule has 1 N–H and O–H groups in total. The zero-order valence-electron chi connectivity index (χ0n) is 14.0. The van der Waals surface area contributed by atoms with Crippen LogP contribution >= 0.6 is 0 Å². The molecule has 130 valence electrons. The second-order valence-electron chi connectivity index (χ2n) is 6.56. The van der Waals surface area contributed by atoms with Gasteiger partial charge in [-0.1, -0.05) is 12.1 Å². The van der Waals surface area contributed by atoms with Crippen molar-refractivity contribution in [2.24, 2.45) is 0 Å². The molecule has 0 spiro atoms. The third kappa shape index (κ3) is 3.57. The molecule has 24 heavy (non-hydrogen) atoms. The van der Waals surface area contributed by atoms with E-state index in [0.717, 1.165) is 51.3 Å². The lowest BCUT2D eigenvalue weighted by atomic mass is 10.0. The maximum atomic E-state index is 12.6. The molecule has 0 saturated carbocycles. The van der Waals surface area contributed by atoms with E-state index in [1.165, 1.54) is 6.07 Å². The van der Waals surface area contributed by atoms with Gasteiger partial charge in [-0.2, -0.15) is 0 Å². The van der Waals surface area contributed by atoms with Crippen LogP contribution in [0.25, 0.3) is 0 Å². The Hall–Kier alpha value is -1.99. The molecule has 0 aromatic heterocycles. The normalized spacial score (nSPS) is 21.9. The molecule has 2 aliphatic heterocycles. The van der Waals surface area contributed by atoms with Crippen LogP contribution in [0.3, 0.4) is 0 Å². The van der Waals surface area contributed by atoms with Gasteiger partial charge in [0.15, 0.2) is 0 Å². The molecule has 1 unspecified atom stereocenters. The van der Waals surface area contributed by atoms with E-state index in [1.54, 1.807) is 13.0 Å². The number of nitro groups is 1. The van der Waals surface area contributed by atoms with Crippen molar-refractivity contribution in [3.05, 3.63) is 39.4 Å². The van der Waals surface area contributed by atoms with Crippen molar-refractivity contribution in [3.63, 3.8) is 0 Å². The number of carbonyl (C=O) groups is 1. The molecule has 0 aliphatic carbocycles. The Morgan fingerprint density at radius 2 is 2.08 bits per heavy atom. The quantitative estimate of drug-likeness (QED) is 0.656. The van der Waals surface area contributed by atoms with Gasteiger partial charge in [0.2, 0.25) is 5.91 Å². The SMILES string of the molecule is Cc1c(CC(=O)N2CCC(N3CCNCC3)C2)cccc1[N+](=O)[O-]. The molecule has 1 atom stereocenters. The number of benzene rings is 1. The summed E-state index contributed by atoms with van der Waals surface area (Å²) in [7, 11) is 0. The number of amides is 1. The molecule has 7 nitrogen and oxygen atoms in total. The first-order valence-electron chi connectivity index (χ1n) is 8.51. The summed E-state index contributed by atoms with van der Waals surface area (Å²) in [6.45, 7) is 7.37. The zero-order chi connectivity index (χ0) is 17.1. The molecule has 1 amide bonds. The highest BCUT2D eigenvalue weighted by molar-refractivity contribution is 5.79. The third-order valence-corrected chi connectivity index (χ3v) is 5.14. The lowest BCUT2D eigenvalue weighted by molar-refractivity contribution is -0.385. The van der Waals surface area contributed by atoms with Crippen molar-refractivity contribution < 1.29 is 9.72 Å². The van der Waals surface area contributed by atoms with Crippen LogP contribution in [0.1, 0.15) is 17.5 Å². The molecule has 1 aromatic carbocycles. The summed E-state index contributed by atoms with van der Waals surface area (Å²) in [5.74, 6) is 0.0660. The van der Waals surface area contributed by atoms with Crippen molar-refractivity contribution in [1.82, 2.24) is 15.1 Å². The van der Waals surface area contributed by atoms with E-state index in [1.807, 2.05) is 11.0 Å². The van der Waals surface area contributed by atoms with Crippen molar-refractivity contribution in [2.45, 2.75) is 25.8 Å². The largest absolute Gasteiger partial charge is 0.341 e. The lowest BCUT2D eigenvalue weighted by Gasteiger charge is -2.32. The predicted octanol–water partition coefficient (Wildman–Crippen LogP) is 0.952. The summed E-state index contributed by atoms with van der Waals surface area (Å²) < 4.78 is 0. The van der Waals surface area contributed by atoms with Crippen LogP contribution in [0, 0.1) is 17.0 Å². The number of nitrogens with zero attached hydrogens (tertiary/aromatic N) is 3. The smallest absolute Gasteiger partial charge is 0.272 e. The molecule has 2 aliphatic rings. The van der Waals surface area contributed by atoms with Crippen LogP contribution in [0.4, 0.5) is 5.69 Å². The van der Waals surface area contributed by atoms with Gasteiger partial charge >= 0.3 is 0 Å². The van der Waals surface area contributed by atoms with Crippen molar-refractivity contribution in [3.8, 4) is 0 Å². The third-order valence-electron chi connectivity index (χ3n) is 5.14. The van der Waals surface area contributed by atoms with Crippen LogP contribution in [0.15, 0.2) is 18.2 Å². The predicted molar refractivity (Wildman–Crippen MR) is 91.0 cm³/mol. The monoisotopic (exact) mass is 332 g/mol. The van der Waals surface area contributed by atoms with Crippen LogP contribution in [-0.4, -0.2) is 65.9 Å². The molecule has 2 saturated heterocycles. The summed E-state index contributed by atoms with van der Waals surface area (Å²) in [6, 6.07) is 5.40. The molecule has 1 aromatic rings. The van der Waals surface area contributed by atoms with Gasteiger partial charge in [-0.05, 0) is 18.9 Å². The van der Waals surface area contributed by atoms with E-state index in [4.69, 9.17) is 0 Å². The molecular weight excluding hydrogens is 308 g/mol. The fourth-order valence-corrected chi connectivity index (χ4v) is 3.65. The molecule has 7 heteroatoms. The minimum atomic E-state index is -0.389. The number of hydrogen-bond donors (Lipinski definition) is 1. The Morgan fingerprint density at radius 1 is 1.33 bits per heavy atom. The average Bonchev–Trinajstić information content (AvgIpc) is 3.07. The Balaban J connectivity index is 1.62. The molecule has 0 radical (unpaired) electrons. The van der Waals surface area contributed by atoms with E-state index >= 15 is 0 Å². The topological polar surface area (TPSA) is 78.7 Å². The Bertz CT molecular complexity index is 628. The Labute approximate surface area is 141 Å². The van der Waals surface area contributed by atoms with Gasteiger partial charge in [-0.3, -0.25) is 19.8 Å². The van der Waals surface area contributed by atoms with E-state index < -0.39 is 0 Å². The standard InChI is InChI=1S/C17H24N4O3/c1-13-14(3-2-4-16(13)21(23)24)11-17(22)20-8-5-15(12-20)19-9-6-18-7-10-19/h2-4,15,18H,5-12H2,1H3. The minimum absolute atomic E-state index is 0.0660. The summed E-state index contributed by atoms with van der Waals surface area (Å²) in [5.41, 5.74) is 1.42. The molecule has 0 bridgehead atoms. The maximum Gasteiger partial charge on any atom is 0.272 e. The van der Waals surface area contributed by atoms with Gasteiger partial charge in [0.25, 0.3) is 5.69 Å². The van der Waals surface area contributed by atoms with Crippen LogP contribution in [-0.2, 0) is 11.2 Å². The number of nitro benzene ring substituents is 1. The molecule has 2 heterocycles. The number of likely N-dealkylation sites (tertiary alicyclic amines) is 1. The zero-order valence-corrected chi connectivity index (χ0v) is 14.0. The minimum Gasteiger partial charge on any atom is -0.341 e. The highest BCUT2D eigenvalue weighted by atomic mass is 16.6. The van der Waals surface area contributed by atoms with Gasteiger partial charge < -0.3 is 10.2 Å². The number of rotatable bonds is 4. The van der Waals surface area contributed by atoms with Crippen LogP contribution < -0.4 is 5.32 Å². The van der Waals surface area contributed by atoms with Gasteiger partial charge in [-0.25, -0.2) is 0 Å². The number of carbonyl (C=O) groups excluding carboxylic acids is 1. The fourth-order valence-electron chi connectivity index (χ4n) is 3.65. The van der Waals surface area contributed by atoms with Crippen molar-refractivity contribution in [1.29, 1.82) is 0 Å². The number of nitrogens with one attached hydrogen (secondary N) is 1. The van der Waals surface area contributed by atoms with E-state index in [-0.39, 0.29) is 22.9 Å². The summed E-state index contributed by atoms with van der Waals surface area (Å²) >= 11 is 0. The van der Waals surface area contributed by atoms with Crippen molar-refractivity contribution >= 4 is 11.6 Å². The highest BCUT2D eigenvalue weighted by Gasteiger charge is 2.31. The fraction of sp³-hybridized carbons (Fsp3) is 0.588. The second-order valence-corrected chi connectivity index (χ2v) is 6.56. The van der Waals surface area contributed by atoms with Gasteiger partial charge in [0.05, 0.1) is 11.3 Å². The molecule has 2 fully saturated rings. The lowest BCUT2D eigenvalue weighted by Crippen LogP contribution is -2.49. The average molecular weight is 332 g/mol. The summed E-state index contributed by atoms with van der Waals surface area (Å²) in [4.78, 5) is 27.6. The Kier molecular flexibility index (Phi) is 5.11. The molecular formula is C17H24N4O3. The summed E-state index contributed by atoms with van der Waals surface area (Å²) in [6.07, 6.45) is 1.25. The van der Waals surface area contributed by atoms with E-state index in [2.05, 4.69) is 10.2 Å². The van der Waals surface area contributed by atoms with Gasteiger partial charge in [-0.15, -0.1) is 0 Å².